The van der Waals surface area contributed by atoms with Gasteiger partial charge in [-0.25, -0.2) is 4.79 Å². The summed E-state index contributed by atoms with van der Waals surface area (Å²) in [5.74, 6) is -0.987. The maximum absolute atomic E-state index is 12.1. The van der Waals surface area contributed by atoms with E-state index in [1.807, 2.05) is 0 Å². The summed E-state index contributed by atoms with van der Waals surface area (Å²) in [5, 5.41) is 15.7. The second kappa shape index (κ2) is 7.55. The number of nitrogens with zero attached hydrogens (tertiary/aromatic N) is 1. The first-order valence-corrected chi connectivity index (χ1v) is 7.74. The molecule has 3 amide bonds. The van der Waals surface area contributed by atoms with Crippen molar-refractivity contribution >= 4 is 17.9 Å². The fraction of sp³-hybridized carbons (Fsp3) is 0.786. The van der Waals surface area contributed by atoms with Crippen LogP contribution in [0.5, 0.6) is 0 Å². The monoisotopic (exact) mass is 313 g/mol. The van der Waals surface area contributed by atoms with Gasteiger partial charge in [-0.2, -0.15) is 0 Å². The smallest absolute Gasteiger partial charge is 0.396 e. The number of carbonyl (C=O) groups is 3. The minimum absolute atomic E-state index is 0.0506. The van der Waals surface area contributed by atoms with E-state index in [1.165, 1.54) is 0 Å². The lowest BCUT2D eigenvalue weighted by atomic mass is 9.86. The van der Waals surface area contributed by atoms with Crippen LogP contribution in [0, 0.1) is 0 Å². The number of rotatable bonds is 5. The fourth-order valence-electron chi connectivity index (χ4n) is 2.96. The molecule has 2 heterocycles. The Morgan fingerprint density at radius 2 is 2.00 bits per heavy atom. The van der Waals surface area contributed by atoms with Crippen LogP contribution in [0.3, 0.4) is 0 Å². The molecule has 0 spiro atoms. The van der Waals surface area contributed by atoms with E-state index in [0.717, 1.165) is 25.9 Å². The van der Waals surface area contributed by atoms with Crippen molar-refractivity contribution in [3.63, 3.8) is 0 Å². The Kier molecular flexibility index (Phi) is 5.73. The average Bonchev–Trinajstić information content (AvgIpc) is 2.70. The van der Waals surface area contributed by atoms with Crippen molar-refractivity contribution in [2.24, 2.45) is 0 Å². The van der Waals surface area contributed by atoms with E-state index >= 15 is 0 Å². The summed E-state index contributed by atoms with van der Waals surface area (Å²) in [6.07, 6.45) is 2.93. The Hall–Kier alpha value is -1.67. The molecule has 0 saturated carbocycles. The third kappa shape index (κ3) is 4.17. The molecule has 2 rings (SSSR count). The maximum Gasteiger partial charge on any atom is 0.432 e. The average molecular weight is 313 g/mol. The SMILES string of the molecule is O=C(N[C@]1(CCCO)CCCNCC1)ON1C(=O)CCC1=O. The molecule has 0 bridgehead atoms. The Bertz CT molecular complexity index is 416. The van der Waals surface area contributed by atoms with Crippen LogP contribution < -0.4 is 10.6 Å². The van der Waals surface area contributed by atoms with E-state index in [9.17, 15) is 14.4 Å². The summed E-state index contributed by atoms with van der Waals surface area (Å²) >= 11 is 0. The van der Waals surface area contributed by atoms with Crippen molar-refractivity contribution in [2.45, 2.75) is 50.5 Å². The highest BCUT2D eigenvalue weighted by Gasteiger charge is 2.36. The molecule has 0 aliphatic carbocycles. The number of hydroxylamine groups is 2. The maximum atomic E-state index is 12.1. The van der Waals surface area contributed by atoms with Crippen LogP contribution in [0.2, 0.25) is 0 Å². The molecule has 2 saturated heterocycles. The van der Waals surface area contributed by atoms with Crippen molar-refractivity contribution in [2.75, 3.05) is 19.7 Å². The number of hydrogen-bond donors (Lipinski definition) is 3. The molecule has 0 unspecified atom stereocenters. The zero-order valence-electron chi connectivity index (χ0n) is 12.6. The largest absolute Gasteiger partial charge is 0.432 e. The molecule has 0 radical (unpaired) electrons. The van der Waals surface area contributed by atoms with Gasteiger partial charge in [0.25, 0.3) is 11.8 Å². The van der Waals surface area contributed by atoms with Gasteiger partial charge in [0.05, 0.1) is 0 Å². The van der Waals surface area contributed by atoms with Gasteiger partial charge in [0.1, 0.15) is 0 Å². The Morgan fingerprint density at radius 1 is 1.27 bits per heavy atom. The number of hydrogen-bond acceptors (Lipinski definition) is 6. The van der Waals surface area contributed by atoms with E-state index in [0.29, 0.717) is 24.3 Å². The molecule has 8 nitrogen and oxygen atoms in total. The van der Waals surface area contributed by atoms with E-state index in [2.05, 4.69) is 10.6 Å². The molecule has 0 aromatic rings. The molecule has 124 valence electrons. The normalized spacial score (nSPS) is 26.0. The fourth-order valence-corrected chi connectivity index (χ4v) is 2.96. The number of amides is 3. The van der Waals surface area contributed by atoms with E-state index in [4.69, 9.17) is 9.94 Å². The number of carbonyl (C=O) groups excluding carboxylic acids is 3. The van der Waals surface area contributed by atoms with Crippen LogP contribution in [0.15, 0.2) is 0 Å². The minimum Gasteiger partial charge on any atom is -0.396 e. The van der Waals surface area contributed by atoms with Crippen LogP contribution in [-0.4, -0.2) is 53.3 Å². The highest BCUT2D eigenvalue weighted by molar-refractivity contribution is 6.01. The van der Waals surface area contributed by atoms with Gasteiger partial charge in [0, 0.05) is 25.0 Å². The predicted octanol–water partition coefficient (Wildman–Crippen LogP) is 0.0614. The summed E-state index contributed by atoms with van der Waals surface area (Å²) in [4.78, 5) is 39.9. The van der Waals surface area contributed by atoms with Crippen molar-refractivity contribution in [3.8, 4) is 0 Å². The van der Waals surface area contributed by atoms with Gasteiger partial charge in [0.15, 0.2) is 0 Å². The summed E-state index contributed by atoms with van der Waals surface area (Å²) in [5.41, 5.74) is -0.477. The number of nitrogens with one attached hydrogen (secondary N) is 2. The lowest BCUT2D eigenvalue weighted by Gasteiger charge is -2.33. The number of imide groups is 1. The van der Waals surface area contributed by atoms with Gasteiger partial charge in [-0.05, 0) is 45.2 Å². The third-order valence-corrected chi connectivity index (χ3v) is 4.15. The molecule has 2 aliphatic rings. The lowest BCUT2D eigenvalue weighted by molar-refractivity contribution is -0.172. The van der Waals surface area contributed by atoms with E-state index in [-0.39, 0.29) is 19.4 Å². The van der Waals surface area contributed by atoms with Gasteiger partial charge in [-0.1, -0.05) is 0 Å². The summed E-state index contributed by atoms with van der Waals surface area (Å²) < 4.78 is 0. The summed E-state index contributed by atoms with van der Waals surface area (Å²) in [6, 6.07) is 0. The van der Waals surface area contributed by atoms with Gasteiger partial charge in [-0.15, -0.1) is 5.06 Å². The van der Waals surface area contributed by atoms with Crippen LogP contribution in [0.1, 0.15) is 44.9 Å². The summed E-state index contributed by atoms with van der Waals surface area (Å²) in [7, 11) is 0. The van der Waals surface area contributed by atoms with E-state index in [1.54, 1.807) is 0 Å². The Balaban J connectivity index is 1.97. The molecule has 2 fully saturated rings. The van der Waals surface area contributed by atoms with Crippen LogP contribution in [0.25, 0.3) is 0 Å². The zero-order chi connectivity index (χ0) is 16.0. The third-order valence-electron chi connectivity index (χ3n) is 4.15. The number of aliphatic hydroxyl groups is 1. The zero-order valence-corrected chi connectivity index (χ0v) is 12.6. The van der Waals surface area contributed by atoms with Crippen molar-refractivity contribution in [1.29, 1.82) is 0 Å². The predicted molar refractivity (Wildman–Crippen MR) is 76.5 cm³/mol. The molecular formula is C14H23N3O5. The first-order valence-electron chi connectivity index (χ1n) is 7.74. The molecule has 3 N–H and O–H groups in total. The highest BCUT2D eigenvalue weighted by Crippen LogP contribution is 2.25. The van der Waals surface area contributed by atoms with Crippen molar-refractivity contribution in [1.82, 2.24) is 15.7 Å². The molecule has 22 heavy (non-hydrogen) atoms. The van der Waals surface area contributed by atoms with Crippen LogP contribution in [0.4, 0.5) is 4.79 Å². The molecule has 1 atom stereocenters. The van der Waals surface area contributed by atoms with Gasteiger partial charge >= 0.3 is 6.09 Å². The van der Waals surface area contributed by atoms with E-state index < -0.39 is 23.4 Å². The van der Waals surface area contributed by atoms with Crippen molar-refractivity contribution < 1.29 is 24.3 Å². The minimum atomic E-state index is -0.788. The Labute approximate surface area is 129 Å². The van der Waals surface area contributed by atoms with Crippen LogP contribution >= 0.6 is 0 Å². The molecule has 8 heteroatoms. The first-order chi connectivity index (χ1) is 10.6. The molecule has 0 aromatic heterocycles. The molecule has 2 aliphatic heterocycles. The van der Waals surface area contributed by atoms with Gasteiger partial charge in [-0.3, -0.25) is 9.59 Å². The standard InChI is InChI=1S/C14H23N3O5/c18-10-2-6-14(5-1-8-15-9-7-14)16-13(21)22-17-11(19)3-4-12(17)20/h15,18H,1-10H2,(H,16,21)/t14-/m0/s1. The molecular weight excluding hydrogens is 290 g/mol. The second-order valence-electron chi connectivity index (χ2n) is 5.80. The van der Waals surface area contributed by atoms with Crippen LogP contribution in [-0.2, 0) is 14.4 Å². The number of aliphatic hydroxyl groups excluding tert-OH is 1. The Morgan fingerprint density at radius 3 is 2.68 bits per heavy atom. The highest BCUT2D eigenvalue weighted by atomic mass is 16.7. The second-order valence-corrected chi connectivity index (χ2v) is 5.80. The molecule has 0 aromatic carbocycles. The quantitative estimate of drug-likeness (QED) is 0.620. The van der Waals surface area contributed by atoms with Crippen molar-refractivity contribution in [3.05, 3.63) is 0 Å². The van der Waals surface area contributed by atoms with Gasteiger partial charge < -0.3 is 20.6 Å². The topological polar surface area (TPSA) is 108 Å². The summed E-state index contributed by atoms with van der Waals surface area (Å²) in [6.45, 7) is 1.68. The lowest BCUT2D eigenvalue weighted by Crippen LogP contribution is -2.51. The van der Waals surface area contributed by atoms with Gasteiger partial charge in [0.2, 0.25) is 0 Å². The first kappa shape index (κ1) is 16.7.